The second-order valence-corrected chi connectivity index (χ2v) is 3.04. The van der Waals surface area contributed by atoms with Gasteiger partial charge in [0.05, 0.1) is 0 Å². The maximum absolute atomic E-state index is 10.3. The highest BCUT2D eigenvalue weighted by Gasteiger charge is 1.93. The van der Waals surface area contributed by atoms with Crippen LogP contribution in [0.5, 0.6) is 0 Å². The summed E-state index contributed by atoms with van der Waals surface area (Å²) in [6.45, 7) is 2.77. The molecular weight excluding hydrogens is 188 g/mol. The summed E-state index contributed by atoms with van der Waals surface area (Å²) in [4.78, 5) is 14.4. The lowest BCUT2D eigenvalue weighted by Crippen LogP contribution is -1.97. The number of imidazole rings is 1. The molecule has 0 bridgehead atoms. The van der Waals surface area contributed by atoms with E-state index < -0.39 is 5.24 Å². The molecule has 0 aliphatic heterocycles. The van der Waals surface area contributed by atoms with Crippen LogP contribution in [0.4, 0.5) is 0 Å². The molecule has 0 N–H and O–H groups in total. The summed E-state index contributed by atoms with van der Waals surface area (Å²) in [5.41, 5.74) is 0. The fourth-order valence-corrected chi connectivity index (χ4v) is 1.12. The van der Waals surface area contributed by atoms with E-state index in [1.54, 1.807) is 12.3 Å². The molecule has 0 saturated heterocycles. The minimum Gasteiger partial charge on any atom is -0.335 e. The van der Waals surface area contributed by atoms with Crippen molar-refractivity contribution in [2.75, 3.05) is 0 Å². The maximum Gasteiger partial charge on any atom is 0.244 e. The van der Waals surface area contributed by atoms with Crippen LogP contribution in [0.1, 0.15) is 12.2 Å². The number of aromatic nitrogens is 2. The lowest BCUT2D eigenvalue weighted by Gasteiger charge is -2.00. The van der Waals surface area contributed by atoms with Gasteiger partial charge < -0.3 is 4.57 Å². The average molecular weight is 199 g/mol. The van der Waals surface area contributed by atoms with Crippen LogP contribution in [-0.4, -0.2) is 14.8 Å². The van der Waals surface area contributed by atoms with Crippen LogP contribution in [0.25, 0.3) is 0 Å². The molecule has 0 amide bonds. The van der Waals surface area contributed by atoms with Crippen LogP contribution < -0.4 is 0 Å². The van der Waals surface area contributed by atoms with E-state index in [0.717, 1.165) is 18.8 Å². The molecule has 0 spiro atoms. The van der Waals surface area contributed by atoms with Gasteiger partial charge in [-0.1, -0.05) is 6.08 Å². The summed E-state index contributed by atoms with van der Waals surface area (Å²) in [5.74, 6) is 0.977. The molecule has 0 aromatic carbocycles. The topological polar surface area (TPSA) is 34.9 Å². The number of hydrogen-bond donors (Lipinski definition) is 0. The van der Waals surface area contributed by atoms with E-state index >= 15 is 0 Å². The highest BCUT2D eigenvalue weighted by molar-refractivity contribution is 6.66. The van der Waals surface area contributed by atoms with Gasteiger partial charge in [-0.2, -0.15) is 0 Å². The Morgan fingerprint density at radius 1 is 1.77 bits per heavy atom. The molecule has 0 radical (unpaired) electrons. The van der Waals surface area contributed by atoms with Gasteiger partial charge in [0.25, 0.3) is 0 Å². The van der Waals surface area contributed by atoms with Gasteiger partial charge in [0.2, 0.25) is 5.24 Å². The number of rotatable bonds is 4. The molecule has 1 aromatic heterocycles. The summed E-state index contributed by atoms with van der Waals surface area (Å²) >= 11 is 5.12. The van der Waals surface area contributed by atoms with Crippen LogP contribution >= 0.6 is 11.6 Å². The molecule has 1 heterocycles. The van der Waals surface area contributed by atoms with Crippen molar-refractivity contribution in [1.29, 1.82) is 0 Å². The van der Waals surface area contributed by atoms with Crippen LogP contribution in [0.2, 0.25) is 0 Å². The third-order valence-electron chi connectivity index (χ3n) is 1.71. The van der Waals surface area contributed by atoms with E-state index in [-0.39, 0.29) is 0 Å². The molecular formula is C9H11ClN2O. The van der Waals surface area contributed by atoms with E-state index in [0.29, 0.717) is 0 Å². The first-order valence-electron chi connectivity index (χ1n) is 4.04. The zero-order valence-electron chi connectivity index (χ0n) is 7.40. The standard InChI is InChI=1S/C9H11ClN2O/c1-8-11-5-7-12(8)6-3-2-4-9(10)13/h2,4-5,7H,3,6H2,1H3/b4-2+. The predicted molar refractivity (Wildman–Crippen MR) is 51.6 cm³/mol. The van der Waals surface area contributed by atoms with Crippen molar-refractivity contribution >= 4 is 16.8 Å². The van der Waals surface area contributed by atoms with Crippen molar-refractivity contribution < 1.29 is 4.79 Å². The van der Waals surface area contributed by atoms with E-state index in [4.69, 9.17) is 11.6 Å². The van der Waals surface area contributed by atoms with E-state index in [2.05, 4.69) is 4.98 Å². The summed E-state index contributed by atoms with van der Waals surface area (Å²) in [7, 11) is 0. The van der Waals surface area contributed by atoms with E-state index in [1.165, 1.54) is 6.08 Å². The first-order valence-corrected chi connectivity index (χ1v) is 4.41. The van der Waals surface area contributed by atoms with Gasteiger partial charge in [-0.3, -0.25) is 4.79 Å². The Labute approximate surface area is 82.0 Å². The molecule has 0 saturated carbocycles. The monoisotopic (exact) mass is 198 g/mol. The maximum atomic E-state index is 10.3. The third kappa shape index (κ3) is 3.42. The summed E-state index contributed by atoms with van der Waals surface area (Å²) in [6.07, 6.45) is 7.58. The summed E-state index contributed by atoms with van der Waals surface area (Å²) in [6, 6.07) is 0. The molecule has 0 atom stereocenters. The quantitative estimate of drug-likeness (QED) is 0.547. The van der Waals surface area contributed by atoms with E-state index in [1.807, 2.05) is 17.7 Å². The molecule has 0 aliphatic rings. The number of aryl methyl sites for hydroxylation is 2. The highest BCUT2D eigenvalue weighted by atomic mass is 35.5. The molecule has 3 nitrogen and oxygen atoms in total. The van der Waals surface area contributed by atoms with Gasteiger partial charge in [0.1, 0.15) is 5.82 Å². The Morgan fingerprint density at radius 2 is 2.54 bits per heavy atom. The third-order valence-corrected chi connectivity index (χ3v) is 1.84. The smallest absolute Gasteiger partial charge is 0.244 e. The van der Waals surface area contributed by atoms with Gasteiger partial charge >= 0.3 is 0 Å². The zero-order chi connectivity index (χ0) is 9.68. The molecule has 1 aromatic rings. The van der Waals surface area contributed by atoms with Crippen LogP contribution in [-0.2, 0) is 11.3 Å². The fourth-order valence-electron chi connectivity index (χ4n) is 1.03. The van der Waals surface area contributed by atoms with Crippen molar-refractivity contribution in [2.45, 2.75) is 19.9 Å². The minimum atomic E-state index is -0.428. The van der Waals surface area contributed by atoms with Crippen molar-refractivity contribution in [3.05, 3.63) is 30.4 Å². The van der Waals surface area contributed by atoms with E-state index in [9.17, 15) is 4.79 Å². The normalized spacial score (nSPS) is 10.9. The largest absolute Gasteiger partial charge is 0.335 e. The molecule has 0 fully saturated rings. The minimum absolute atomic E-state index is 0.428. The molecule has 0 unspecified atom stereocenters. The average Bonchev–Trinajstić information content (AvgIpc) is 2.45. The fraction of sp³-hybridized carbons (Fsp3) is 0.333. The first-order chi connectivity index (χ1) is 6.20. The van der Waals surface area contributed by atoms with Gasteiger partial charge in [-0.05, 0) is 31.0 Å². The number of carbonyl (C=O) groups excluding carboxylic acids is 1. The van der Waals surface area contributed by atoms with Gasteiger partial charge in [-0.15, -0.1) is 0 Å². The SMILES string of the molecule is Cc1nccn1CC/C=C/C(=O)Cl. The van der Waals surface area contributed by atoms with Gasteiger partial charge in [-0.25, -0.2) is 4.98 Å². The summed E-state index contributed by atoms with van der Waals surface area (Å²) < 4.78 is 2.02. The lowest BCUT2D eigenvalue weighted by molar-refractivity contribution is -0.107. The van der Waals surface area contributed by atoms with Crippen molar-refractivity contribution in [3.63, 3.8) is 0 Å². The van der Waals surface area contributed by atoms with Crippen molar-refractivity contribution in [3.8, 4) is 0 Å². The second kappa shape index (κ2) is 4.82. The number of nitrogens with zero attached hydrogens (tertiary/aromatic N) is 2. The predicted octanol–water partition coefficient (Wildman–Crippen LogP) is 1.90. The first kappa shape index (κ1) is 9.99. The number of halogens is 1. The molecule has 4 heteroatoms. The Morgan fingerprint density at radius 3 is 3.08 bits per heavy atom. The highest BCUT2D eigenvalue weighted by Crippen LogP contribution is 1.98. The summed E-state index contributed by atoms with van der Waals surface area (Å²) in [5, 5.41) is -0.428. The molecule has 13 heavy (non-hydrogen) atoms. The van der Waals surface area contributed by atoms with Crippen LogP contribution in [0.3, 0.4) is 0 Å². The van der Waals surface area contributed by atoms with Crippen LogP contribution in [0.15, 0.2) is 24.5 Å². The molecule has 70 valence electrons. The van der Waals surface area contributed by atoms with Crippen molar-refractivity contribution in [1.82, 2.24) is 9.55 Å². The lowest BCUT2D eigenvalue weighted by atomic mass is 10.4. The van der Waals surface area contributed by atoms with Crippen LogP contribution in [0, 0.1) is 6.92 Å². The Kier molecular flexibility index (Phi) is 3.71. The van der Waals surface area contributed by atoms with Crippen molar-refractivity contribution in [2.24, 2.45) is 0 Å². The van der Waals surface area contributed by atoms with Gasteiger partial charge in [0.15, 0.2) is 0 Å². The number of allylic oxidation sites excluding steroid dienone is 2. The Hall–Kier alpha value is -1.09. The molecule has 1 rings (SSSR count). The Balaban J connectivity index is 2.36. The number of carbonyl (C=O) groups is 1. The molecule has 0 aliphatic carbocycles. The number of hydrogen-bond acceptors (Lipinski definition) is 2. The second-order valence-electron chi connectivity index (χ2n) is 2.66. The Bertz CT molecular complexity index is 317. The van der Waals surface area contributed by atoms with Gasteiger partial charge in [0, 0.05) is 18.9 Å². The zero-order valence-corrected chi connectivity index (χ0v) is 8.16.